The molecule has 0 amide bonds. The smallest absolute Gasteiger partial charge is 0.134 e. The molecule has 0 saturated heterocycles. The number of phenols is 1. The zero-order chi connectivity index (χ0) is 10.6. The summed E-state index contributed by atoms with van der Waals surface area (Å²) in [5.41, 5.74) is 6.95. The van der Waals surface area contributed by atoms with Crippen molar-refractivity contribution >= 4 is 24.0 Å². The molecule has 0 unspecified atom stereocenters. The molecule has 1 aromatic rings. The third-order valence-corrected chi connectivity index (χ3v) is 2.57. The van der Waals surface area contributed by atoms with Gasteiger partial charge in [0.25, 0.3) is 0 Å². The Kier molecular flexibility index (Phi) is 6.73. The van der Waals surface area contributed by atoms with Gasteiger partial charge in [-0.1, -0.05) is 37.4 Å². The van der Waals surface area contributed by atoms with Crippen molar-refractivity contribution in [3.63, 3.8) is 0 Å². The van der Waals surface area contributed by atoms with Gasteiger partial charge >= 0.3 is 0 Å². The molecule has 0 aliphatic carbocycles. The van der Waals surface area contributed by atoms with Gasteiger partial charge in [0.15, 0.2) is 0 Å². The van der Waals surface area contributed by atoms with Crippen molar-refractivity contribution in [2.45, 2.75) is 32.2 Å². The van der Waals surface area contributed by atoms with Crippen molar-refractivity contribution < 1.29 is 5.11 Å². The van der Waals surface area contributed by atoms with Gasteiger partial charge in [-0.2, -0.15) is 0 Å². The molecule has 0 radical (unpaired) electrons. The lowest BCUT2D eigenvalue weighted by Gasteiger charge is -2.11. The number of unbranched alkanes of at least 4 members (excludes halogenated alkanes) is 1. The molecule has 15 heavy (non-hydrogen) atoms. The molecular formula is C11H17Cl2NO. The first-order chi connectivity index (χ1) is 6.65. The first-order valence-corrected chi connectivity index (χ1v) is 5.27. The van der Waals surface area contributed by atoms with Gasteiger partial charge in [-0.3, -0.25) is 0 Å². The van der Waals surface area contributed by atoms with E-state index in [1.807, 2.05) is 6.07 Å². The number of rotatable bonds is 4. The van der Waals surface area contributed by atoms with Crippen molar-refractivity contribution in [1.29, 1.82) is 0 Å². The van der Waals surface area contributed by atoms with Crippen LogP contribution in [0.2, 0.25) is 5.02 Å². The average Bonchev–Trinajstić information content (AvgIpc) is 2.18. The minimum atomic E-state index is 0. The molecule has 0 aliphatic heterocycles. The van der Waals surface area contributed by atoms with Gasteiger partial charge in [0, 0.05) is 6.04 Å². The Hall–Kier alpha value is -0.440. The molecule has 0 heterocycles. The average molecular weight is 250 g/mol. The molecule has 0 fully saturated rings. The highest BCUT2D eigenvalue weighted by Gasteiger charge is 2.07. The van der Waals surface area contributed by atoms with Crippen LogP contribution in [0.25, 0.3) is 0 Å². The first-order valence-electron chi connectivity index (χ1n) is 4.89. The Balaban J connectivity index is 0.00000196. The molecule has 0 aromatic heterocycles. The van der Waals surface area contributed by atoms with E-state index in [1.54, 1.807) is 12.1 Å². The fourth-order valence-electron chi connectivity index (χ4n) is 1.34. The van der Waals surface area contributed by atoms with Crippen LogP contribution in [0.5, 0.6) is 5.75 Å². The van der Waals surface area contributed by atoms with E-state index < -0.39 is 0 Å². The van der Waals surface area contributed by atoms with Gasteiger partial charge in [0.05, 0.1) is 5.02 Å². The Morgan fingerprint density at radius 1 is 1.47 bits per heavy atom. The van der Waals surface area contributed by atoms with Gasteiger partial charge in [0.2, 0.25) is 0 Å². The largest absolute Gasteiger partial charge is 0.506 e. The number of benzene rings is 1. The third-order valence-electron chi connectivity index (χ3n) is 2.27. The molecular weight excluding hydrogens is 233 g/mol. The van der Waals surface area contributed by atoms with Crippen molar-refractivity contribution in [2.75, 3.05) is 0 Å². The number of phenolic OH excluding ortho intramolecular Hbond substituents is 1. The zero-order valence-corrected chi connectivity index (χ0v) is 10.3. The van der Waals surface area contributed by atoms with Crippen LogP contribution in [-0.4, -0.2) is 5.11 Å². The number of hydrogen-bond acceptors (Lipinski definition) is 2. The molecule has 86 valence electrons. The lowest BCUT2D eigenvalue weighted by molar-refractivity contribution is 0.475. The van der Waals surface area contributed by atoms with E-state index in [1.165, 1.54) is 0 Å². The Bertz CT molecular complexity index is 305. The normalized spacial score (nSPS) is 11.9. The summed E-state index contributed by atoms with van der Waals surface area (Å²) in [7, 11) is 0. The van der Waals surface area contributed by atoms with E-state index in [9.17, 15) is 5.11 Å². The minimum Gasteiger partial charge on any atom is -0.506 e. The summed E-state index contributed by atoms with van der Waals surface area (Å²) in [5.74, 6) is 0.109. The molecule has 2 nitrogen and oxygen atoms in total. The quantitative estimate of drug-likeness (QED) is 0.856. The van der Waals surface area contributed by atoms with Crippen molar-refractivity contribution in [3.8, 4) is 5.75 Å². The zero-order valence-electron chi connectivity index (χ0n) is 8.74. The predicted molar refractivity (Wildman–Crippen MR) is 66.8 cm³/mol. The number of aromatic hydroxyl groups is 1. The van der Waals surface area contributed by atoms with Crippen LogP contribution in [0.1, 0.15) is 37.8 Å². The minimum absolute atomic E-state index is 0. The molecule has 1 rings (SSSR count). The van der Waals surface area contributed by atoms with Gasteiger partial charge in [-0.05, 0) is 24.1 Å². The van der Waals surface area contributed by atoms with Crippen LogP contribution in [0.3, 0.4) is 0 Å². The molecule has 1 aromatic carbocycles. The lowest BCUT2D eigenvalue weighted by Crippen LogP contribution is -2.09. The molecule has 4 heteroatoms. The van der Waals surface area contributed by atoms with E-state index in [-0.39, 0.29) is 24.2 Å². The van der Waals surface area contributed by atoms with E-state index >= 15 is 0 Å². The van der Waals surface area contributed by atoms with Crippen LogP contribution >= 0.6 is 24.0 Å². The maximum Gasteiger partial charge on any atom is 0.134 e. The van der Waals surface area contributed by atoms with E-state index in [0.717, 1.165) is 24.8 Å². The Labute approximate surface area is 102 Å². The Morgan fingerprint density at radius 2 is 2.13 bits per heavy atom. The van der Waals surface area contributed by atoms with Crippen LogP contribution in [-0.2, 0) is 0 Å². The van der Waals surface area contributed by atoms with E-state index in [0.29, 0.717) is 5.02 Å². The SMILES string of the molecule is CCCC[C@@H](N)c1ccc(O)c(Cl)c1.Cl. The summed E-state index contributed by atoms with van der Waals surface area (Å²) in [6.45, 7) is 2.14. The molecule has 3 N–H and O–H groups in total. The highest BCUT2D eigenvalue weighted by atomic mass is 35.5. The molecule has 0 aliphatic rings. The van der Waals surface area contributed by atoms with Gasteiger partial charge in [-0.25, -0.2) is 0 Å². The summed E-state index contributed by atoms with van der Waals surface area (Å²) in [6.07, 6.45) is 3.21. The predicted octanol–water partition coefficient (Wildman–Crippen LogP) is 3.66. The highest BCUT2D eigenvalue weighted by Crippen LogP contribution is 2.27. The second kappa shape index (κ2) is 6.94. The van der Waals surface area contributed by atoms with Crippen molar-refractivity contribution in [2.24, 2.45) is 5.73 Å². The molecule has 0 spiro atoms. The lowest BCUT2D eigenvalue weighted by atomic mass is 10.0. The molecule has 0 bridgehead atoms. The highest BCUT2D eigenvalue weighted by molar-refractivity contribution is 6.32. The van der Waals surface area contributed by atoms with Gasteiger partial charge in [-0.15, -0.1) is 12.4 Å². The summed E-state index contributed by atoms with van der Waals surface area (Å²) < 4.78 is 0. The monoisotopic (exact) mass is 249 g/mol. The summed E-state index contributed by atoms with van der Waals surface area (Å²) in [5, 5.41) is 9.60. The summed E-state index contributed by atoms with van der Waals surface area (Å²) in [6, 6.07) is 5.16. The molecule has 1 atom stereocenters. The fraction of sp³-hybridized carbons (Fsp3) is 0.455. The van der Waals surface area contributed by atoms with Crippen LogP contribution in [0.4, 0.5) is 0 Å². The summed E-state index contributed by atoms with van der Waals surface area (Å²) in [4.78, 5) is 0. The van der Waals surface area contributed by atoms with Gasteiger partial charge in [0.1, 0.15) is 5.75 Å². The second-order valence-corrected chi connectivity index (χ2v) is 3.87. The van der Waals surface area contributed by atoms with Gasteiger partial charge < -0.3 is 10.8 Å². The van der Waals surface area contributed by atoms with E-state index in [2.05, 4.69) is 6.92 Å². The summed E-state index contributed by atoms with van der Waals surface area (Å²) >= 11 is 5.79. The third kappa shape index (κ3) is 4.29. The maximum absolute atomic E-state index is 9.23. The standard InChI is InChI=1S/C11H16ClNO.ClH/c1-2-3-4-10(13)8-5-6-11(14)9(12)7-8;/h5-7,10,14H,2-4,13H2,1H3;1H/t10-;/m1./s1. The first kappa shape index (κ1) is 14.6. The maximum atomic E-state index is 9.23. The van der Waals surface area contributed by atoms with Crippen molar-refractivity contribution in [3.05, 3.63) is 28.8 Å². The second-order valence-electron chi connectivity index (χ2n) is 3.46. The van der Waals surface area contributed by atoms with Crippen LogP contribution < -0.4 is 5.73 Å². The van der Waals surface area contributed by atoms with E-state index in [4.69, 9.17) is 17.3 Å². The number of nitrogens with two attached hydrogens (primary N) is 1. The van der Waals surface area contributed by atoms with Crippen LogP contribution in [0.15, 0.2) is 18.2 Å². The Morgan fingerprint density at radius 3 is 2.67 bits per heavy atom. The van der Waals surface area contributed by atoms with Crippen molar-refractivity contribution in [1.82, 2.24) is 0 Å². The van der Waals surface area contributed by atoms with Crippen LogP contribution in [0, 0.1) is 0 Å². The number of hydrogen-bond donors (Lipinski definition) is 2. The topological polar surface area (TPSA) is 46.2 Å². The number of halogens is 2. The molecule has 0 saturated carbocycles. The fourth-order valence-corrected chi connectivity index (χ4v) is 1.53.